The van der Waals surface area contributed by atoms with E-state index in [1.165, 1.54) is 12.1 Å². The molecule has 0 atom stereocenters. The van der Waals surface area contributed by atoms with Gasteiger partial charge < -0.3 is 9.73 Å². The number of benzene rings is 2. The van der Waals surface area contributed by atoms with Crippen molar-refractivity contribution in [3.8, 4) is 11.5 Å². The lowest BCUT2D eigenvalue weighted by molar-refractivity contribution is -0.383. The van der Waals surface area contributed by atoms with Gasteiger partial charge in [-0.3, -0.25) is 14.9 Å². The van der Waals surface area contributed by atoms with Gasteiger partial charge in [0.25, 0.3) is 10.9 Å². The van der Waals surface area contributed by atoms with Crippen LogP contribution in [0.3, 0.4) is 0 Å². The molecule has 1 N–H and O–H groups in total. The first-order chi connectivity index (χ1) is 12.9. The Morgan fingerprint density at radius 2 is 2.00 bits per heavy atom. The zero-order valence-electron chi connectivity index (χ0n) is 13.4. The Hall–Kier alpha value is -2.62. The highest BCUT2D eigenvalue weighted by Crippen LogP contribution is 2.30. The van der Waals surface area contributed by atoms with Gasteiger partial charge >= 0.3 is 0 Å². The number of amides is 1. The predicted octanol–water partition coefficient (Wildman–Crippen LogP) is 4.68. The van der Waals surface area contributed by atoms with Gasteiger partial charge in [0, 0.05) is 11.1 Å². The second-order valence-corrected chi connectivity index (χ2v) is 6.88. The highest BCUT2D eigenvalue weighted by Gasteiger charge is 2.18. The number of anilines is 1. The van der Waals surface area contributed by atoms with Gasteiger partial charge in [-0.2, -0.15) is 0 Å². The molecule has 2 aromatic carbocycles. The molecule has 0 radical (unpaired) electrons. The highest BCUT2D eigenvalue weighted by molar-refractivity contribution is 7.99. The summed E-state index contributed by atoms with van der Waals surface area (Å²) in [7, 11) is 0. The minimum atomic E-state index is -0.623. The number of hydrogen-bond acceptors (Lipinski definition) is 7. The summed E-state index contributed by atoms with van der Waals surface area (Å²) < 4.78 is 5.48. The molecule has 0 unspecified atom stereocenters. The molecule has 3 aromatic rings. The number of hydrogen-bond donors (Lipinski definition) is 1. The van der Waals surface area contributed by atoms with Gasteiger partial charge in [0.15, 0.2) is 0 Å². The summed E-state index contributed by atoms with van der Waals surface area (Å²) >= 11 is 12.8. The zero-order valence-corrected chi connectivity index (χ0v) is 15.7. The Kier molecular flexibility index (Phi) is 5.94. The number of nitro benzene ring substituents is 1. The molecule has 1 heterocycles. The second-order valence-electron chi connectivity index (χ2n) is 5.11. The number of rotatable bonds is 6. The van der Waals surface area contributed by atoms with Crippen LogP contribution in [-0.4, -0.2) is 26.8 Å². The van der Waals surface area contributed by atoms with Crippen molar-refractivity contribution >= 4 is 52.2 Å². The van der Waals surface area contributed by atoms with Crippen LogP contribution >= 0.6 is 35.0 Å². The quantitative estimate of drug-likeness (QED) is 0.347. The Bertz CT molecular complexity index is 1010. The van der Waals surface area contributed by atoms with E-state index < -0.39 is 10.8 Å². The van der Waals surface area contributed by atoms with E-state index in [-0.39, 0.29) is 33.3 Å². The van der Waals surface area contributed by atoms with Gasteiger partial charge in [0.05, 0.1) is 21.3 Å². The third-order valence-corrected chi connectivity index (χ3v) is 4.65. The molecule has 1 aromatic heterocycles. The maximum absolute atomic E-state index is 12.1. The molecule has 0 saturated heterocycles. The van der Waals surface area contributed by atoms with Crippen LogP contribution in [0.4, 0.5) is 11.4 Å². The van der Waals surface area contributed by atoms with E-state index in [1.54, 1.807) is 24.3 Å². The third kappa shape index (κ3) is 4.76. The van der Waals surface area contributed by atoms with E-state index >= 15 is 0 Å². The van der Waals surface area contributed by atoms with Crippen LogP contribution in [0.5, 0.6) is 0 Å². The molecule has 0 bridgehead atoms. The smallest absolute Gasteiger partial charge is 0.294 e. The van der Waals surface area contributed by atoms with Crippen molar-refractivity contribution in [2.45, 2.75) is 5.22 Å². The molecule has 8 nitrogen and oxygen atoms in total. The van der Waals surface area contributed by atoms with Gasteiger partial charge in [-0.15, -0.1) is 10.2 Å². The van der Waals surface area contributed by atoms with Crippen molar-refractivity contribution in [2.24, 2.45) is 0 Å². The first-order valence-electron chi connectivity index (χ1n) is 7.39. The lowest BCUT2D eigenvalue weighted by atomic mass is 10.2. The molecule has 0 fully saturated rings. The standard InChI is InChI=1S/C16H10Cl2N4O4S/c17-9-5-6-12(13(7-9)22(24)25)19-14(23)8-27-16-21-20-15(26-16)10-3-1-2-4-11(10)18/h1-7H,8H2,(H,19,23). The fourth-order valence-corrected chi connectivity index (χ4v) is 3.03. The minimum Gasteiger partial charge on any atom is -0.411 e. The lowest BCUT2D eigenvalue weighted by Crippen LogP contribution is -2.15. The highest BCUT2D eigenvalue weighted by atomic mass is 35.5. The molecular weight excluding hydrogens is 415 g/mol. The first-order valence-corrected chi connectivity index (χ1v) is 9.13. The number of halogens is 2. The molecule has 0 spiro atoms. The van der Waals surface area contributed by atoms with Crippen molar-refractivity contribution in [3.63, 3.8) is 0 Å². The van der Waals surface area contributed by atoms with Gasteiger partial charge in [-0.25, -0.2) is 0 Å². The summed E-state index contributed by atoms with van der Waals surface area (Å²) in [6.07, 6.45) is 0. The molecule has 27 heavy (non-hydrogen) atoms. The van der Waals surface area contributed by atoms with Crippen molar-refractivity contribution in [2.75, 3.05) is 11.1 Å². The third-order valence-electron chi connectivity index (χ3n) is 3.27. The number of aromatic nitrogens is 2. The van der Waals surface area contributed by atoms with Crippen LogP contribution in [0, 0.1) is 10.1 Å². The Morgan fingerprint density at radius 3 is 2.74 bits per heavy atom. The largest absolute Gasteiger partial charge is 0.411 e. The fourth-order valence-electron chi connectivity index (χ4n) is 2.09. The number of carbonyl (C=O) groups excluding carboxylic acids is 1. The van der Waals surface area contributed by atoms with Crippen LogP contribution in [-0.2, 0) is 4.79 Å². The summed E-state index contributed by atoms with van der Waals surface area (Å²) in [4.78, 5) is 22.5. The zero-order chi connectivity index (χ0) is 19.4. The summed E-state index contributed by atoms with van der Waals surface area (Å²) in [5.41, 5.74) is 0.344. The van der Waals surface area contributed by atoms with Crippen LogP contribution in [0.15, 0.2) is 52.1 Å². The van der Waals surface area contributed by atoms with Gasteiger partial charge in [0.2, 0.25) is 11.8 Å². The van der Waals surface area contributed by atoms with Gasteiger partial charge in [-0.1, -0.05) is 47.1 Å². The summed E-state index contributed by atoms with van der Waals surface area (Å²) in [5.74, 6) is -0.316. The predicted molar refractivity (Wildman–Crippen MR) is 102 cm³/mol. The molecule has 0 aliphatic rings. The lowest BCUT2D eigenvalue weighted by Gasteiger charge is -2.05. The average Bonchev–Trinajstić information content (AvgIpc) is 3.10. The molecule has 3 rings (SSSR count). The Labute approximate surface area is 167 Å². The monoisotopic (exact) mass is 424 g/mol. The van der Waals surface area contributed by atoms with Crippen molar-refractivity contribution in [3.05, 3.63) is 62.6 Å². The summed E-state index contributed by atoms with van der Waals surface area (Å²) in [5, 5.41) is 22.1. The molecule has 0 saturated carbocycles. The van der Waals surface area contributed by atoms with Gasteiger partial charge in [0.1, 0.15) is 5.69 Å². The summed E-state index contributed by atoms with van der Waals surface area (Å²) in [6.45, 7) is 0. The second kappa shape index (κ2) is 8.38. The number of thioether (sulfide) groups is 1. The maximum atomic E-state index is 12.1. The SMILES string of the molecule is O=C(CSc1nnc(-c2ccccc2Cl)o1)Nc1ccc(Cl)cc1[N+](=O)[O-]. The molecular formula is C16H10Cl2N4O4S. The first kappa shape index (κ1) is 19.2. The Balaban J connectivity index is 1.64. The van der Waals surface area contributed by atoms with E-state index in [9.17, 15) is 14.9 Å². The maximum Gasteiger partial charge on any atom is 0.294 e. The fraction of sp³-hybridized carbons (Fsp3) is 0.0625. The van der Waals surface area contributed by atoms with E-state index in [4.69, 9.17) is 27.6 Å². The number of nitrogens with zero attached hydrogens (tertiary/aromatic N) is 3. The van der Waals surface area contributed by atoms with Crippen molar-refractivity contribution in [1.29, 1.82) is 0 Å². The number of nitro groups is 1. The van der Waals surface area contributed by atoms with Gasteiger partial charge in [-0.05, 0) is 24.3 Å². The minimum absolute atomic E-state index is 0.0530. The van der Waals surface area contributed by atoms with Crippen LogP contribution in [0.2, 0.25) is 10.0 Å². The number of nitrogens with one attached hydrogen (secondary N) is 1. The summed E-state index contributed by atoms with van der Waals surface area (Å²) in [6, 6.07) is 11.0. The van der Waals surface area contributed by atoms with E-state index in [1.807, 2.05) is 0 Å². The van der Waals surface area contributed by atoms with Crippen LogP contribution in [0.1, 0.15) is 0 Å². The molecule has 1 amide bonds. The average molecular weight is 425 g/mol. The van der Waals surface area contributed by atoms with E-state index in [0.717, 1.165) is 17.8 Å². The number of carbonyl (C=O) groups is 1. The molecule has 0 aliphatic carbocycles. The van der Waals surface area contributed by atoms with Crippen molar-refractivity contribution in [1.82, 2.24) is 10.2 Å². The topological polar surface area (TPSA) is 111 Å². The van der Waals surface area contributed by atoms with Crippen LogP contribution in [0.25, 0.3) is 11.5 Å². The molecule has 11 heteroatoms. The molecule has 138 valence electrons. The van der Waals surface area contributed by atoms with Crippen molar-refractivity contribution < 1.29 is 14.1 Å². The van der Waals surface area contributed by atoms with E-state index in [0.29, 0.717) is 10.6 Å². The molecule has 0 aliphatic heterocycles. The van der Waals surface area contributed by atoms with E-state index in [2.05, 4.69) is 15.5 Å². The van der Waals surface area contributed by atoms with Crippen LogP contribution < -0.4 is 5.32 Å². The Morgan fingerprint density at radius 1 is 1.22 bits per heavy atom. The normalized spacial score (nSPS) is 10.6.